The Kier molecular flexibility index (Phi) is 2.98. The maximum absolute atomic E-state index is 11.4. The number of carboxylic acid groups (broad SMARTS) is 1. The van der Waals surface area contributed by atoms with Crippen LogP contribution in [0.1, 0.15) is 64.2 Å². The summed E-state index contributed by atoms with van der Waals surface area (Å²) in [7, 11) is 0. The lowest BCUT2D eigenvalue weighted by Gasteiger charge is -2.58. The summed E-state index contributed by atoms with van der Waals surface area (Å²) in [6, 6.07) is 0. The van der Waals surface area contributed by atoms with Crippen molar-refractivity contribution in [2.75, 3.05) is 0 Å². The predicted octanol–water partition coefficient (Wildman–Crippen LogP) is 4.40. The predicted molar refractivity (Wildman–Crippen MR) is 78.3 cm³/mol. The largest absolute Gasteiger partial charge is 0.478 e. The molecule has 110 valence electrons. The Morgan fingerprint density at radius 3 is 1.90 bits per heavy atom. The Morgan fingerprint density at radius 1 is 0.950 bits per heavy atom. The van der Waals surface area contributed by atoms with E-state index in [0.717, 1.165) is 17.8 Å². The lowest BCUT2D eigenvalue weighted by Crippen LogP contribution is -2.48. The number of allylic oxidation sites excluding steroid dienone is 1. The van der Waals surface area contributed by atoms with E-state index in [1.54, 1.807) is 6.08 Å². The fourth-order valence-corrected chi connectivity index (χ4v) is 6.54. The fourth-order valence-electron chi connectivity index (χ4n) is 6.54. The third kappa shape index (κ3) is 2.03. The summed E-state index contributed by atoms with van der Waals surface area (Å²) in [5.74, 6) is 2.59. The van der Waals surface area contributed by atoms with Gasteiger partial charge in [0.15, 0.2) is 0 Å². The number of hydrogen-bond donors (Lipinski definition) is 1. The fraction of sp³-hybridized carbons (Fsp3) is 0.833. The first-order valence-electron chi connectivity index (χ1n) is 8.60. The van der Waals surface area contributed by atoms with E-state index in [-0.39, 0.29) is 0 Å². The molecule has 5 fully saturated rings. The highest BCUT2D eigenvalue weighted by Gasteiger charge is 2.53. The van der Waals surface area contributed by atoms with E-state index < -0.39 is 5.97 Å². The van der Waals surface area contributed by atoms with Gasteiger partial charge in [-0.15, -0.1) is 0 Å². The molecule has 0 unspecified atom stereocenters. The molecule has 2 nitrogen and oxygen atoms in total. The van der Waals surface area contributed by atoms with Gasteiger partial charge < -0.3 is 5.11 Å². The third-order valence-corrected chi connectivity index (χ3v) is 6.72. The van der Waals surface area contributed by atoms with Crippen LogP contribution in [0.25, 0.3) is 0 Å². The van der Waals surface area contributed by atoms with E-state index in [4.69, 9.17) is 0 Å². The zero-order valence-corrected chi connectivity index (χ0v) is 12.3. The molecule has 20 heavy (non-hydrogen) atoms. The molecule has 0 radical (unpaired) electrons. The Hall–Kier alpha value is -0.790. The molecule has 4 bridgehead atoms. The van der Waals surface area contributed by atoms with Gasteiger partial charge in [-0.25, -0.2) is 4.79 Å². The molecule has 5 saturated carbocycles. The van der Waals surface area contributed by atoms with Gasteiger partial charge in [0.1, 0.15) is 0 Å². The molecule has 0 saturated heterocycles. The van der Waals surface area contributed by atoms with Crippen molar-refractivity contribution in [2.45, 2.75) is 64.2 Å². The lowest BCUT2D eigenvalue weighted by molar-refractivity contribution is -0.131. The number of hydrogen-bond acceptors (Lipinski definition) is 1. The molecule has 0 aromatic rings. The lowest BCUT2D eigenvalue weighted by atomic mass is 9.46. The standard InChI is InChI=1S/C18H26O2/c19-17(20)8-16(15-3-1-2-4-15)18-9-12-5-13(10-18)7-14(6-12)11-18/h8,12-15H,1-7,9-11H2,(H,19,20)/b16-8+. The van der Waals surface area contributed by atoms with Crippen LogP contribution in [0.5, 0.6) is 0 Å². The van der Waals surface area contributed by atoms with E-state index in [1.807, 2.05) is 0 Å². The van der Waals surface area contributed by atoms with Crippen molar-refractivity contribution in [2.24, 2.45) is 29.1 Å². The SMILES string of the molecule is O=C(O)/C=C(\C1CCCC1)C12CC3CC(CC(C3)C1)C2. The van der Waals surface area contributed by atoms with Gasteiger partial charge in [0, 0.05) is 6.08 Å². The minimum Gasteiger partial charge on any atom is -0.478 e. The topological polar surface area (TPSA) is 37.3 Å². The molecular formula is C18H26O2. The molecule has 0 aromatic carbocycles. The summed E-state index contributed by atoms with van der Waals surface area (Å²) in [6.45, 7) is 0. The van der Waals surface area contributed by atoms with E-state index in [2.05, 4.69) is 0 Å². The molecule has 2 heteroatoms. The normalized spacial score (nSPS) is 44.2. The molecular weight excluding hydrogens is 248 g/mol. The monoisotopic (exact) mass is 274 g/mol. The van der Waals surface area contributed by atoms with Gasteiger partial charge in [-0.1, -0.05) is 18.4 Å². The second kappa shape index (κ2) is 4.61. The average molecular weight is 274 g/mol. The minimum atomic E-state index is -0.706. The summed E-state index contributed by atoms with van der Waals surface area (Å²) in [4.78, 5) is 11.4. The Morgan fingerprint density at radius 2 is 1.45 bits per heavy atom. The third-order valence-electron chi connectivity index (χ3n) is 6.72. The zero-order valence-electron chi connectivity index (χ0n) is 12.3. The van der Waals surface area contributed by atoms with Crippen LogP contribution in [0.4, 0.5) is 0 Å². The summed E-state index contributed by atoms with van der Waals surface area (Å²) in [5.41, 5.74) is 1.66. The van der Waals surface area contributed by atoms with Gasteiger partial charge in [-0.05, 0) is 80.5 Å². The van der Waals surface area contributed by atoms with Gasteiger partial charge in [-0.2, -0.15) is 0 Å². The van der Waals surface area contributed by atoms with E-state index in [9.17, 15) is 9.90 Å². The van der Waals surface area contributed by atoms with Crippen LogP contribution in [0.15, 0.2) is 11.6 Å². The van der Waals surface area contributed by atoms with Crippen LogP contribution in [0.2, 0.25) is 0 Å². The molecule has 5 aliphatic carbocycles. The second-order valence-electron chi connectivity index (χ2n) is 8.12. The van der Waals surface area contributed by atoms with Gasteiger partial charge in [0.05, 0.1) is 0 Å². The van der Waals surface area contributed by atoms with Crippen LogP contribution >= 0.6 is 0 Å². The van der Waals surface area contributed by atoms with Crippen molar-refractivity contribution in [3.63, 3.8) is 0 Å². The molecule has 0 heterocycles. The number of carboxylic acids is 1. The van der Waals surface area contributed by atoms with Crippen LogP contribution < -0.4 is 0 Å². The molecule has 0 atom stereocenters. The highest BCUT2D eigenvalue weighted by molar-refractivity contribution is 5.81. The highest BCUT2D eigenvalue weighted by atomic mass is 16.4. The van der Waals surface area contributed by atoms with Crippen LogP contribution in [0, 0.1) is 29.1 Å². The molecule has 1 N–H and O–H groups in total. The first kappa shape index (κ1) is 12.9. The molecule has 0 spiro atoms. The van der Waals surface area contributed by atoms with Gasteiger partial charge in [0.2, 0.25) is 0 Å². The van der Waals surface area contributed by atoms with E-state index >= 15 is 0 Å². The Balaban J connectivity index is 1.70. The first-order chi connectivity index (χ1) is 9.64. The quantitative estimate of drug-likeness (QED) is 0.774. The molecule has 0 aromatic heterocycles. The van der Waals surface area contributed by atoms with Crippen molar-refractivity contribution in [1.29, 1.82) is 0 Å². The van der Waals surface area contributed by atoms with Crippen molar-refractivity contribution in [1.82, 2.24) is 0 Å². The zero-order chi connectivity index (χ0) is 13.7. The molecule has 5 rings (SSSR count). The summed E-state index contributed by atoms with van der Waals surface area (Å²) in [6.07, 6.45) is 14.9. The maximum atomic E-state index is 11.4. The van der Waals surface area contributed by atoms with Crippen molar-refractivity contribution in [3.8, 4) is 0 Å². The number of aliphatic carboxylic acids is 1. The minimum absolute atomic E-state index is 0.294. The highest BCUT2D eigenvalue weighted by Crippen LogP contribution is 2.64. The van der Waals surface area contributed by atoms with Gasteiger partial charge in [-0.3, -0.25) is 0 Å². The number of carbonyl (C=O) groups is 1. The average Bonchev–Trinajstić information content (AvgIpc) is 2.87. The van der Waals surface area contributed by atoms with Crippen molar-refractivity contribution < 1.29 is 9.90 Å². The van der Waals surface area contributed by atoms with Crippen molar-refractivity contribution in [3.05, 3.63) is 11.6 Å². The molecule has 5 aliphatic rings. The van der Waals surface area contributed by atoms with Gasteiger partial charge >= 0.3 is 5.97 Å². The van der Waals surface area contributed by atoms with Crippen LogP contribution in [0.3, 0.4) is 0 Å². The summed E-state index contributed by atoms with van der Waals surface area (Å²) >= 11 is 0. The first-order valence-corrected chi connectivity index (χ1v) is 8.60. The van der Waals surface area contributed by atoms with E-state index in [1.165, 1.54) is 69.8 Å². The Bertz CT molecular complexity index is 407. The van der Waals surface area contributed by atoms with Crippen LogP contribution in [-0.4, -0.2) is 11.1 Å². The smallest absolute Gasteiger partial charge is 0.328 e. The number of rotatable bonds is 3. The molecule has 0 amide bonds. The molecule has 0 aliphatic heterocycles. The van der Waals surface area contributed by atoms with E-state index in [0.29, 0.717) is 11.3 Å². The Labute approximate surface area is 121 Å². The van der Waals surface area contributed by atoms with Gasteiger partial charge in [0.25, 0.3) is 0 Å². The summed E-state index contributed by atoms with van der Waals surface area (Å²) < 4.78 is 0. The van der Waals surface area contributed by atoms with Crippen LogP contribution in [-0.2, 0) is 4.79 Å². The summed E-state index contributed by atoms with van der Waals surface area (Å²) in [5, 5.41) is 9.37. The maximum Gasteiger partial charge on any atom is 0.328 e. The second-order valence-corrected chi connectivity index (χ2v) is 8.12. The van der Waals surface area contributed by atoms with Crippen molar-refractivity contribution >= 4 is 5.97 Å².